The summed E-state index contributed by atoms with van der Waals surface area (Å²) in [5.41, 5.74) is 2.17. The Morgan fingerprint density at radius 2 is 1.95 bits per heavy atom. The average molecular weight is 338 g/mol. The molecule has 0 radical (unpaired) electrons. The third-order valence-corrected chi connectivity index (χ3v) is 4.32. The first-order chi connectivity index (χ1) is 9.13. The van der Waals surface area contributed by atoms with Crippen LogP contribution in [0.5, 0.6) is 0 Å². The molecule has 0 fully saturated rings. The smallest absolute Gasteiger partial charge is 0.0689 e. The molecule has 2 rings (SSSR count). The number of thioether (sulfide) groups is 1. The minimum atomic E-state index is -0.375. The van der Waals surface area contributed by atoms with E-state index in [4.69, 9.17) is 0 Å². The van der Waals surface area contributed by atoms with Gasteiger partial charge < -0.3 is 5.11 Å². The molecule has 19 heavy (non-hydrogen) atoms. The predicted octanol–water partition coefficient (Wildman–Crippen LogP) is 3.85. The first kappa shape index (κ1) is 14.6. The van der Waals surface area contributed by atoms with Gasteiger partial charge in [0, 0.05) is 33.4 Å². The zero-order chi connectivity index (χ0) is 13.7. The van der Waals surface area contributed by atoms with Crippen LogP contribution in [-0.2, 0) is 6.42 Å². The van der Waals surface area contributed by atoms with Crippen molar-refractivity contribution in [2.45, 2.75) is 24.3 Å². The average Bonchev–Trinajstić information content (AvgIpc) is 2.41. The van der Waals surface area contributed by atoms with Gasteiger partial charge in [-0.2, -0.15) is 0 Å². The Kier molecular flexibility index (Phi) is 5.43. The summed E-state index contributed by atoms with van der Waals surface area (Å²) < 4.78 is 0.958. The maximum Gasteiger partial charge on any atom is 0.0689 e. The topological polar surface area (TPSA) is 33.1 Å². The maximum atomic E-state index is 10.0. The quantitative estimate of drug-likeness (QED) is 0.841. The van der Waals surface area contributed by atoms with Crippen LogP contribution in [0.4, 0.5) is 0 Å². The van der Waals surface area contributed by atoms with Crippen LogP contribution >= 0.6 is 27.7 Å². The van der Waals surface area contributed by atoms with Crippen molar-refractivity contribution in [3.8, 4) is 0 Å². The molecule has 0 aliphatic heterocycles. The zero-order valence-electron chi connectivity index (χ0n) is 10.7. The Balaban J connectivity index is 1.82. The molecule has 0 amide bonds. The molecular weight excluding hydrogens is 322 g/mol. The fourth-order valence-electron chi connectivity index (χ4n) is 1.65. The first-order valence-electron chi connectivity index (χ1n) is 6.11. The summed E-state index contributed by atoms with van der Waals surface area (Å²) in [4.78, 5) is 5.46. The van der Waals surface area contributed by atoms with Crippen molar-refractivity contribution in [2.24, 2.45) is 0 Å². The lowest BCUT2D eigenvalue weighted by Crippen LogP contribution is -2.14. The molecule has 0 spiro atoms. The molecule has 0 saturated heterocycles. The van der Waals surface area contributed by atoms with Crippen LogP contribution in [-0.4, -0.2) is 21.9 Å². The Labute approximate surface area is 126 Å². The predicted molar refractivity (Wildman–Crippen MR) is 83.6 cm³/mol. The Hall–Kier alpha value is -0.840. The van der Waals surface area contributed by atoms with Gasteiger partial charge in [0.25, 0.3) is 0 Å². The number of nitrogens with zero attached hydrogens (tertiary/aromatic N) is 1. The molecule has 1 heterocycles. The highest BCUT2D eigenvalue weighted by Gasteiger charge is 2.07. The van der Waals surface area contributed by atoms with E-state index in [2.05, 4.69) is 52.1 Å². The van der Waals surface area contributed by atoms with E-state index in [9.17, 15) is 5.11 Å². The molecule has 100 valence electrons. The normalized spacial score (nSPS) is 12.4. The number of rotatable bonds is 5. The van der Waals surface area contributed by atoms with Gasteiger partial charge in [0.05, 0.1) is 6.10 Å². The number of hydrogen-bond acceptors (Lipinski definition) is 3. The van der Waals surface area contributed by atoms with Crippen LogP contribution in [0.1, 0.15) is 11.3 Å². The molecule has 2 nitrogen and oxygen atoms in total. The van der Waals surface area contributed by atoms with Gasteiger partial charge in [0.15, 0.2) is 0 Å². The molecule has 0 aliphatic rings. The summed E-state index contributed by atoms with van der Waals surface area (Å²) >= 11 is 5.02. The van der Waals surface area contributed by atoms with E-state index in [1.165, 1.54) is 10.5 Å². The molecule has 1 N–H and O–H groups in total. The largest absolute Gasteiger partial charge is 0.392 e. The summed E-state index contributed by atoms with van der Waals surface area (Å²) in [5, 5.41) is 10.0. The van der Waals surface area contributed by atoms with Crippen LogP contribution in [0.2, 0.25) is 0 Å². The molecule has 1 aromatic heterocycles. The molecule has 1 unspecified atom stereocenters. The fourth-order valence-corrected chi connectivity index (χ4v) is 2.72. The molecule has 1 aromatic carbocycles. The SMILES string of the molecule is Cc1ccc(SCC(O)Cc2ccc(Br)cn2)cc1. The standard InChI is InChI=1S/C15H16BrNOS/c1-11-2-6-15(7-3-11)19-10-14(18)8-13-5-4-12(16)9-17-13/h2-7,9,14,18H,8,10H2,1H3. The molecular formula is C15H16BrNOS. The van der Waals surface area contributed by atoms with Gasteiger partial charge in [-0.15, -0.1) is 11.8 Å². The monoisotopic (exact) mass is 337 g/mol. The number of halogens is 1. The van der Waals surface area contributed by atoms with Crippen LogP contribution in [0, 0.1) is 6.92 Å². The van der Waals surface area contributed by atoms with Gasteiger partial charge in [0.2, 0.25) is 0 Å². The highest BCUT2D eigenvalue weighted by Crippen LogP contribution is 2.20. The number of aliphatic hydroxyl groups excluding tert-OH is 1. The maximum absolute atomic E-state index is 10.0. The number of aromatic nitrogens is 1. The van der Waals surface area contributed by atoms with Crippen molar-refractivity contribution in [2.75, 3.05) is 5.75 Å². The first-order valence-corrected chi connectivity index (χ1v) is 7.89. The number of pyridine rings is 1. The Morgan fingerprint density at radius 3 is 2.58 bits per heavy atom. The fraction of sp³-hybridized carbons (Fsp3) is 0.267. The van der Waals surface area contributed by atoms with E-state index in [1.807, 2.05) is 12.1 Å². The van der Waals surface area contributed by atoms with E-state index >= 15 is 0 Å². The highest BCUT2D eigenvalue weighted by molar-refractivity contribution is 9.10. The van der Waals surface area contributed by atoms with Crippen molar-refractivity contribution in [1.29, 1.82) is 0 Å². The van der Waals surface area contributed by atoms with Gasteiger partial charge in [-0.1, -0.05) is 17.7 Å². The van der Waals surface area contributed by atoms with Crippen molar-refractivity contribution in [1.82, 2.24) is 4.98 Å². The van der Waals surface area contributed by atoms with Crippen molar-refractivity contribution < 1.29 is 5.11 Å². The zero-order valence-corrected chi connectivity index (χ0v) is 13.1. The Bertz CT molecular complexity index is 513. The third-order valence-electron chi connectivity index (χ3n) is 2.70. The Morgan fingerprint density at radius 1 is 1.21 bits per heavy atom. The minimum Gasteiger partial charge on any atom is -0.392 e. The molecule has 1 atom stereocenters. The molecule has 4 heteroatoms. The van der Waals surface area contributed by atoms with E-state index in [0.29, 0.717) is 12.2 Å². The molecule has 0 bridgehead atoms. The number of hydrogen-bond donors (Lipinski definition) is 1. The van der Waals surface area contributed by atoms with Crippen LogP contribution in [0.3, 0.4) is 0 Å². The molecule has 0 aliphatic carbocycles. The minimum absolute atomic E-state index is 0.375. The van der Waals surface area contributed by atoms with Crippen molar-refractivity contribution >= 4 is 27.7 Å². The molecule has 2 aromatic rings. The highest BCUT2D eigenvalue weighted by atomic mass is 79.9. The number of benzene rings is 1. The van der Waals surface area contributed by atoms with E-state index in [1.54, 1.807) is 18.0 Å². The van der Waals surface area contributed by atoms with Gasteiger partial charge in [-0.3, -0.25) is 4.98 Å². The van der Waals surface area contributed by atoms with Crippen molar-refractivity contribution in [3.63, 3.8) is 0 Å². The van der Waals surface area contributed by atoms with E-state index < -0.39 is 0 Å². The summed E-state index contributed by atoms with van der Waals surface area (Å²) in [6.07, 6.45) is 1.97. The molecule has 0 saturated carbocycles. The summed E-state index contributed by atoms with van der Waals surface area (Å²) in [6, 6.07) is 12.2. The lowest BCUT2D eigenvalue weighted by molar-refractivity contribution is 0.199. The lowest BCUT2D eigenvalue weighted by Gasteiger charge is -2.10. The van der Waals surface area contributed by atoms with Gasteiger partial charge in [-0.25, -0.2) is 0 Å². The third kappa shape index (κ3) is 4.97. The van der Waals surface area contributed by atoms with E-state index in [0.717, 1.165) is 10.2 Å². The van der Waals surface area contributed by atoms with Gasteiger partial charge >= 0.3 is 0 Å². The van der Waals surface area contributed by atoms with Crippen LogP contribution < -0.4 is 0 Å². The van der Waals surface area contributed by atoms with Crippen LogP contribution in [0.15, 0.2) is 52.0 Å². The second-order valence-corrected chi connectivity index (χ2v) is 6.46. The van der Waals surface area contributed by atoms with Gasteiger partial charge in [-0.05, 0) is 47.1 Å². The van der Waals surface area contributed by atoms with E-state index in [-0.39, 0.29) is 6.10 Å². The number of aryl methyl sites for hydroxylation is 1. The summed E-state index contributed by atoms with van der Waals surface area (Å²) in [7, 11) is 0. The number of aliphatic hydroxyl groups is 1. The lowest BCUT2D eigenvalue weighted by atomic mass is 10.2. The summed E-state index contributed by atoms with van der Waals surface area (Å²) in [6.45, 7) is 2.07. The second-order valence-electron chi connectivity index (χ2n) is 4.45. The van der Waals surface area contributed by atoms with Crippen LogP contribution in [0.25, 0.3) is 0 Å². The van der Waals surface area contributed by atoms with Crippen molar-refractivity contribution in [3.05, 3.63) is 58.3 Å². The summed E-state index contributed by atoms with van der Waals surface area (Å²) in [5.74, 6) is 0.681. The van der Waals surface area contributed by atoms with Gasteiger partial charge in [0.1, 0.15) is 0 Å². The second kappa shape index (κ2) is 7.08.